The number of carbonyl (C=O) groups excluding carboxylic acids is 4. The lowest BCUT2D eigenvalue weighted by atomic mass is 10.0. The zero-order chi connectivity index (χ0) is 15.7. The Kier molecular flexibility index (Phi) is 3.62. The summed E-state index contributed by atoms with van der Waals surface area (Å²) < 4.78 is 5.18. The third-order valence-corrected chi connectivity index (χ3v) is 3.82. The predicted molar refractivity (Wildman–Crippen MR) is 74.0 cm³/mol. The van der Waals surface area contributed by atoms with Crippen LogP contribution in [0.5, 0.6) is 5.75 Å². The van der Waals surface area contributed by atoms with E-state index in [2.05, 4.69) is 5.32 Å². The van der Waals surface area contributed by atoms with E-state index in [0.29, 0.717) is 30.6 Å². The maximum absolute atomic E-state index is 12.5. The van der Waals surface area contributed by atoms with Crippen LogP contribution in [-0.2, 0) is 20.9 Å². The SMILES string of the molecule is O=CCOc1ccc2c(c1)C(=O)N(C1CCC(=O)NC1=O)C2. The molecule has 0 saturated carbocycles. The van der Waals surface area contributed by atoms with Crippen LogP contribution in [-0.4, -0.2) is 41.6 Å². The highest BCUT2D eigenvalue weighted by Crippen LogP contribution is 2.29. The molecule has 1 N–H and O–H groups in total. The maximum atomic E-state index is 12.5. The summed E-state index contributed by atoms with van der Waals surface area (Å²) in [6.45, 7) is 0.248. The average molecular weight is 302 g/mol. The summed E-state index contributed by atoms with van der Waals surface area (Å²) in [6, 6.07) is 4.38. The number of imide groups is 1. The Hall–Kier alpha value is -2.70. The Bertz CT molecular complexity index is 670. The number of fused-ring (bicyclic) bond motifs is 1. The van der Waals surface area contributed by atoms with Gasteiger partial charge < -0.3 is 9.64 Å². The van der Waals surface area contributed by atoms with Crippen molar-refractivity contribution in [2.45, 2.75) is 25.4 Å². The predicted octanol–water partition coefficient (Wildman–Crippen LogP) is 0.0253. The highest BCUT2D eigenvalue weighted by atomic mass is 16.5. The van der Waals surface area contributed by atoms with Gasteiger partial charge in [-0.2, -0.15) is 0 Å². The van der Waals surface area contributed by atoms with Gasteiger partial charge in [0.25, 0.3) is 5.91 Å². The zero-order valence-corrected chi connectivity index (χ0v) is 11.7. The minimum Gasteiger partial charge on any atom is -0.486 e. The van der Waals surface area contributed by atoms with Crippen molar-refractivity contribution in [1.82, 2.24) is 10.2 Å². The molecule has 2 aliphatic rings. The Morgan fingerprint density at radius 2 is 2.14 bits per heavy atom. The molecule has 3 amide bonds. The van der Waals surface area contributed by atoms with E-state index in [1.807, 2.05) is 0 Å². The molecule has 1 aromatic rings. The van der Waals surface area contributed by atoms with Crippen molar-refractivity contribution < 1.29 is 23.9 Å². The highest BCUT2D eigenvalue weighted by Gasteiger charge is 2.39. The normalized spacial score (nSPS) is 20.6. The van der Waals surface area contributed by atoms with Crippen LogP contribution in [0.2, 0.25) is 0 Å². The number of carbonyl (C=O) groups is 4. The number of amides is 3. The summed E-state index contributed by atoms with van der Waals surface area (Å²) in [5.41, 5.74) is 1.27. The quantitative estimate of drug-likeness (QED) is 0.625. The van der Waals surface area contributed by atoms with Crippen LogP contribution in [0.4, 0.5) is 0 Å². The Morgan fingerprint density at radius 1 is 1.32 bits per heavy atom. The number of hydrogen-bond donors (Lipinski definition) is 1. The number of aldehydes is 1. The molecule has 1 atom stereocenters. The van der Waals surface area contributed by atoms with E-state index >= 15 is 0 Å². The first-order valence-corrected chi connectivity index (χ1v) is 6.94. The smallest absolute Gasteiger partial charge is 0.255 e. The molecule has 1 saturated heterocycles. The van der Waals surface area contributed by atoms with Gasteiger partial charge in [0.1, 0.15) is 18.4 Å². The van der Waals surface area contributed by atoms with Gasteiger partial charge in [0.2, 0.25) is 11.8 Å². The lowest BCUT2D eigenvalue weighted by Gasteiger charge is -2.29. The van der Waals surface area contributed by atoms with Crippen LogP contribution < -0.4 is 10.1 Å². The number of nitrogens with zero attached hydrogens (tertiary/aromatic N) is 1. The van der Waals surface area contributed by atoms with Crippen molar-refractivity contribution in [3.8, 4) is 5.75 Å². The van der Waals surface area contributed by atoms with Gasteiger partial charge in [0.15, 0.2) is 6.29 Å². The standard InChI is InChI=1S/C15H14N2O5/c18-5-6-22-10-2-1-9-8-17(15(21)11(9)7-10)12-3-4-13(19)16-14(12)20/h1-2,5,7,12H,3-4,6,8H2,(H,16,19,20). The van der Waals surface area contributed by atoms with Crippen molar-refractivity contribution >= 4 is 24.0 Å². The Balaban J connectivity index is 1.80. The first kappa shape index (κ1) is 14.2. The van der Waals surface area contributed by atoms with Gasteiger partial charge in [0, 0.05) is 18.5 Å². The molecule has 1 unspecified atom stereocenters. The van der Waals surface area contributed by atoms with Crippen LogP contribution in [0.15, 0.2) is 18.2 Å². The molecule has 7 nitrogen and oxygen atoms in total. The Morgan fingerprint density at radius 3 is 2.86 bits per heavy atom. The van der Waals surface area contributed by atoms with Gasteiger partial charge in [-0.05, 0) is 24.1 Å². The average Bonchev–Trinajstić information content (AvgIpc) is 2.82. The molecule has 114 valence electrons. The van der Waals surface area contributed by atoms with Crippen LogP contribution in [0.25, 0.3) is 0 Å². The van der Waals surface area contributed by atoms with Crippen LogP contribution in [0.1, 0.15) is 28.8 Å². The van der Waals surface area contributed by atoms with Gasteiger partial charge in [0.05, 0.1) is 0 Å². The molecule has 0 spiro atoms. The first-order valence-electron chi connectivity index (χ1n) is 6.94. The zero-order valence-electron chi connectivity index (χ0n) is 11.7. The first-order chi connectivity index (χ1) is 10.6. The minimum absolute atomic E-state index is 0.0795. The van der Waals surface area contributed by atoms with E-state index in [4.69, 9.17) is 4.74 Å². The van der Waals surface area contributed by atoms with Gasteiger partial charge in [-0.25, -0.2) is 0 Å². The molecule has 2 heterocycles. The maximum Gasteiger partial charge on any atom is 0.255 e. The highest BCUT2D eigenvalue weighted by molar-refractivity contribution is 6.05. The lowest BCUT2D eigenvalue weighted by Crippen LogP contribution is -2.52. The molecule has 0 aromatic heterocycles. The van der Waals surface area contributed by atoms with Crippen molar-refractivity contribution in [2.75, 3.05) is 6.61 Å². The fourth-order valence-corrected chi connectivity index (χ4v) is 2.75. The van der Waals surface area contributed by atoms with Gasteiger partial charge in [-0.3, -0.25) is 24.5 Å². The van der Waals surface area contributed by atoms with E-state index < -0.39 is 11.9 Å². The molecule has 1 fully saturated rings. The van der Waals surface area contributed by atoms with Gasteiger partial charge in [-0.1, -0.05) is 6.07 Å². The van der Waals surface area contributed by atoms with Crippen LogP contribution >= 0.6 is 0 Å². The second-order valence-electron chi connectivity index (χ2n) is 5.20. The molecular weight excluding hydrogens is 288 g/mol. The lowest BCUT2D eigenvalue weighted by molar-refractivity contribution is -0.136. The largest absolute Gasteiger partial charge is 0.486 e. The van der Waals surface area contributed by atoms with E-state index in [-0.39, 0.29) is 24.8 Å². The molecule has 0 radical (unpaired) electrons. The molecule has 22 heavy (non-hydrogen) atoms. The van der Waals surface area contributed by atoms with Crippen molar-refractivity contribution in [2.24, 2.45) is 0 Å². The minimum atomic E-state index is -0.628. The van der Waals surface area contributed by atoms with E-state index in [1.165, 1.54) is 4.90 Å². The summed E-state index contributed by atoms with van der Waals surface area (Å²) in [7, 11) is 0. The fraction of sp³-hybridized carbons (Fsp3) is 0.333. The molecule has 3 rings (SSSR count). The summed E-state index contributed by atoms with van der Waals surface area (Å²) in [4.78, 5) is 47.4. The summed E-state index contributed by atoms with van der Waals surface area (Å²) in [5.74, 6) is -0.574. The number of ether oxygens (including phenoxy) is 1. The second-order valence-corrected chi connectivity index (χ2v) is 5.20. The number of nitrogens with one attached hydrogen (secondary N) is 1. The topological polar surface area (TPSA) is 92.8 Å². The molecular formula is C15H14N2O5. The van der Waals surface area contributed by atoms with E-state index in [0.717, 1.165) is 5.56 Å². The van der Waals surface area contributed by atoms with Crippen LogP contribution in [0, 0.1) is 0 Å². The van der Waals surface area contributed by atoms with E-state index in [1.54, 1.807) is 18.2 Å². The molecule has 7 heteroatoms. The molecule has 2 aliphatic heterocycles. The molecule has 1 aromatic carbocycles. The number of piperidine rings is 1. The van der Waals surface area contributed by atoms with Gasteiger partial charge >= 0.3 is 0 Å². The number of hydrogen-bond acceptors (Lipinski definition) is 5. The monoisotopic (exact) mass is 302 g/mol. The summed E-state index contributed by atoms with van der Waals surface area (Å²) >= 11 is 0. The third-order valence-electron chi connectivity index (χ3n) is 3.82. The second kappa shape index (κ2) is 5.59. The van der Waals surface area contributed by atoms with Gasteiger partial charge in [-0.15, -0.1) is 0 Å². The third kappa shape index (κ3) is 2.45. The van der Waals surface area contributed by atoms with E-state index in [9.17, 15) is 19.2 Å². The Labute approximate surface area is 126 Å². The molecule has 0 bridgehead atoms. The van der Waals surface area contributed by atoms with Crippen LogP contribution in [0.3, 0.4) is 0 Å². The molecule has 0 aliphatic carbocycles. The van der Waals surface area contributed by atoms with Crippen molar-refractivity contribution in [3.05, 3.63) is 29.3 Å². The summed E-state index contributed by atoms with van der Waals surface area (Å²) in [5, 5.41) is 2.26. The number of rotatable bonds is 4. The number of benzene rings is 1. The van der Waals surface area contributed by atoms with Crippen molar-refractivity contribution in [3.63, 3.8) is 0 Å². The van der Waals surface area contributed by atoms with Crippen molar-refractivity contribution in [1.29, 1.82) is 0 Å². The fourth-order valence-electron chi connectivity index (χ4n) is 2.75. The summed E-state index contributed by atoms with van der Waals surface area (Å²) in [6.07, 6.45) is 1.19.